The van der Waals surface area contributed by atoms with Crippen LogP contribution in [0, 0.1) is 0 Å². The van der Waals surface area contributed by atoms with E-state index in [2.05, 4.69) is 4.79 Å². The van der Waals surface area contributed by atoms with E-state index in [1.165, 1.54) is 0 Å². The van der Waals surface area contributed by atoms with Gasteiger partial charge in [-0.1, -0.05) is 30.3 Å². The second-order valence-electron chi connectivity index (χ2n) is 3.95. The van der Waals surface area contributed by atoms with E-state index in [9.17, 15) is 0 Å². The number of hydrogen-bond acceptors (Lipinski definition) is 3. The minimum atomic E-state index is -4.67. The summed E-state index contributed by atoms with van der Waals surface area (Å²) in [5, 5.41) is 0. The van der Waals surface area contributed by atoms with Crippen LogP contribution in [-0.2, 0) is 15.1 Å². The third-order valence-electron chi connectivity index (χ3n) is 2.53. The summed E-state index contributed by atoms with van der Waals surface area (Å²) in [6.07, 6.45) is 5.33. The number of hydrogen-bond donors (Lipinski definition) is 2. The van der Waals surface area contributed by atoms with Gasteiger partial charge in [-0.2, -0.15) is 13.2 Å². The summed E-state index contributed by atoms with van der Waals surface area (Å²) in [5.41, 5.74) is 11.5. The molecular weight excluding hydrogens is 296 g/mol. The molecule has 1 aliphatic carbocycles. The van der Waals surface area contributed by atoms with Crippen molar-refractivity contribution in [1.82, 2.24) is 0 Å². The zero-order valence-electron chi connectivity index (χ0n) is 11.1. The van der Waals surface area contributed by atoms with Gasteiger partial charge >= 0.3 is 16.1 Å². The highest BCUT2D eigenvalue weighted by Crippen LogP contribution is 2.20. The zero-order chi connectivity index (χ0) is 15.9. The molecule has 0 radical (unpaired) electrons. The predicted octanol–water partition coefficient (Wildman–Crippen LogP) is 1.67. The number of nitrogens with zero attached hydrogens (tertiary/aromatic N) is 2. The molecule has 8 heteroatoms. The van der Waals surface area contributed by atoms with Gasteiger partial charge in [0.1, 0.15) is 0 Å². The van der Waals surface area contributed by atoms with Crippen molar-refractivity contribution in [3.63, 3.8) is 0 Å². The van der Waals surface area contributed by atoms with E-state index in [1.54, 1.807) is 13.2 Å². The van der Waals surface area contributed by atoms with E-state index in [1.807, 2.05) is 42.5 Å². The molecule has 0 amide bonds. The van der Waals surface area contributed by atoms with Crippen molar-refractivity contribution in [2.24, 2.45) is 0 Å². The van der Waals surface area contributed by atoms with Crippen LogP contribution in [0.4, 0.5) is 0 Å². The van der Waals surface area contributed by atoms with Gasteiger partial charge < -0.3 is 10.3 Å². The molecule has 1 unspecified atom stereocenters. The summed E-state index contributed by atoms with van der Waals surface area (Å²) >= 11 is 0. The first-order valence-corrected chi connectivity index (χ1v) is 7.15. The van der Waals surface area contributed by atoms with Gasteiger partial charge in [-0.25, -0.2) is 0 Å². The van der Waals surface area contributed by atoms with Crippen molar-refractivity contribution >= 4 is 21.7 Å². The number of methoxy groups -OCH3 is 1. The van der Waals surface area contributed by atoms with E-state index in [0.29, 0.717) is 5.71 Å². The Hall–Kier alpha value is -2.09. The van der Waals surface area contributed by atoms with E-state index in [4.69, 9.17) is 27.8 Å². The van der Waals surface area contributed by atoms with Crippen LogP contribution in [0.3, 0.4) is 0 Å². The first-order valence-electron chi connectivity index (χ1n) is 5.75. The fraction of sp³-hybridized carbons (Fsp3) is 0.154. The van der Waals surface area contributed by atoms with Gasteiger partial charge in [0.15, 0.2) is 6.10 Å². The number of rotatable bonds is 2. The van der Waals surface area contributed by atoms with E-state index < -0.39 is 10.4 Å². The molecular formula is C13H14N2O5S. The van der Waals surface area contributed by atoms with Gasteiger partial charge in [0.25, 0.3) is 0 Å². The maximum absolute atomic E-state index is 8.78. The van der Waals surface area contributed by atoms with Crippen LogP contribution in [0.15, 0.2) is 48.6 Å². The fourth-order valence-electron chi connectivity index (χ4n) is 1.68. The van der Waals surface area contributed by atoms with Gasteiger partial charge in [0, 0.05) is 13.2 Å². The number of ether oxygens (including phenoxy) is 1. The topological polar surface area (TPSA) is 120 Å². The Bertz CT molecular complexity index is 681. The van der Waals surface area contributed by atoms with Crippen LogP contribution >= 0.6 is 0 Å². The van der Waals surface area contributed by atoms with Crippen molar-refractivity contribution in [1.29, 1.82) is 0 Å². The van der Waals surface area contributed by atoms with Crippen molar-refractivity contribution in [2.75, 3.05) is 7.11 Å². The molecule has 1 aliphatic rings. The lowest BCUT2D eigenvalue weighted by Gasteiger charge is -2.11. The highest BCUT2D eigenvalue weighted by atomic mass is 32.3. The molecule has 0 heterocycles. The van der Waals surface area contributed by atoms with Crippen molar-refractivity contribution in [3.8, 4) is 0 Å². The molecule has 0 aromatic heterocycles. The Morgan fingerprint density at radius 3 is 2.24 bits per heavy atom. The predicted molar refractivity (Wildman–Crippen MR) is 77.2 cm³/mol. The van der Waals surface area contributed by atoms with Crippen LogP contribution in [0.5, 0.6) is 0 Å². The van der Waals surface area contributed by atoms with Crippen molar-refractivity contribution < 1.29 is 27.1 Å². The third-order valence-corrected chi connectivity index (χ3v) is 2.53. The Balaban J connectivity index is 0.000000383. The molecule has 112 valence electrons. The summed E-state index contributed by atoms with van der Waals surface area (Å²) in [5.74, 6) is 0. The Morgan fingerprint density at radius 2 is 1.76 bits per heavy atom. The molecule has 1 atom stereocenters. The average Bonchev–Trinajstić information content (AvgIpc) is 2.45. The third kappa shape index (κ3) is 6.26. The molecule has 0 fully saturated rings. The summed E-state index contributed by atoms with van der Waals surface area (Å²) in [6.45, 7) is 0. The minimum absolute atomic E-state index is 0.287. The lowest BCUT2D eigenvalue weighted by molar-refractivity contribution is -0.0183. The van der Waals surface area contributed by atoms with Crippen LogP contribution in [-0.4, -0.2) is 41.2 Å². The molecule has 1 aromatic carbocycles. The first-order chi connectivity index (χ1) is 9.85. The quantitative estimate of drug-likeness (QED) is 0.489. The lowest BCUT2D eigenvalue weighted by atomic mass is 9.97. The lowest BCUT2D eigenvalue weighted by Crippen LogP contribution is -2.22. The minimum Gasteiger partial charge on any atom is -0.365 e. The molecule has 7 nitrogen and oxygen atoms in total. The SMILES string of the molecule is COC1C=C(c2ccccc2)C=CC1=[N+]=[N-].O=S(=O)(O)O. The van der Waals surface area contributed by atoms with Gasteiger partial charge in [-0.05, 0) is 23.3 Å². The Kier molecular flexibility index (Phi) is 6.16. The average molecular weight is 310 g/mol. The van der Waals surface area contributed by atoms with Crippen LogP contribution in [0.1, 0.15) is 5.56 Å². The van der Waals surface area contributed by atoms with E-state index in [-0.39, 0.29) is 6.10 Å². The molecule has 0 aliphatic heterocycles. The van der Waals surface area contributed by atoms with Crippen LogP contribution in [0.25, 0.3) is 11.1 Å². The molecule has 0 saturated carbocycles. The summed E-state index contributed by atoms with van der Waals surface area (Å²) in [6, 6.07) is 10.0. The summed E-state index contributed by atoms with van der Waals surface area (Å²) in [7, 11) is -3.08. The molecule has 2 rings (SSSR count). The van der Waals surface area contributed by atoms with Gasteiger partial charge in [0.05, 0.1) is 0 Å². The highest BCUT2D eigenvalue weighted by molar-refractivity contribution is 7.79. The van der Waals surface area contributed by atoms with E-state index >= 15 is 0 Å². The molecule has 2 N–H and O–H groups in total. The van der Waals surface area contributed by atoms with Crippen molar-refractivity contribution in [3.05, 3.63) is 59.7 Å². The van der Waals surface area contributed by atoms with Crippen molar-refractivity contribution in [2.45, 2.75) is 6.10 Å². The fourth-order valence-corrected chi connectivity index (χ4v) is 1.68. The zero-order valence-corrected chi connectivity index (χ0v) is 11.9. The van der Waals surface area contributed by atoms with Gasteiger partial charge in [-0.15, -0.1) is 0 Å². The van der Waals surface area contributed by atoms with Gasteiger partial charge in [-0.3, -0.25) is 9.11 Å². The van der Waals surface area contributed by atoms with Crippen LogP contribution < -0.4 is 0 Å². The first kappa shape index (κ1) is 17.0. The maximum Gasteiger partial charge on any atom is 0.394 e. The molecule has 0 saturated heterocycles. The second-order valence-corrected chi connectivity index (χ2v) is 4.85. The second kappa shape index (κ2) is 7.63. The summed E-state index contributed by atoms with van der Waals surface area (Å²) in [4.78, 5) is 3.19. The summed E-state index contributed by atoms with van der Waals surface area (Å²) < 4.78 is 36.8. The normalized spacial score (nSPS) is 17.4. The largest absolute Gasteiger partial charge is 0.394 e. The Labute approximate surface area is 122 Å². The monoisotopic (exact) mass is 310 g/mol. The number of benzene rings is 1. The standard InChI is InChI=1S/C13H12N2O.H2O4S/c1-16-13-9-11(7-8-12(13)15-14)10-5-3-2-4-6-10;1-5(2,3)4/h2-9,13H,1H3;(H2,1,2,3,4). The van der Waals surface area contributed by atoms with Gasteiger partial charge in [0.2, 0.25) is 0 Å². The maximum atomic E-state index is 8.78. The molecule has 0 spiro atoms. The van der Waals surface area contributed by atoms with E-state index in [0.717, 1.165) is 11.1 Å². The molecule has 0 bridgehead atoms. The molecule has 1 aromatic rings. The smallest absolute Gasteiger partial charge is 0.365 e. The molecule has 21 heavy (non-hydrogen) atoms. The van der Waals surface area contributed by atoms with Crippen LogP contribution in [0.2, 0.25) is 0 Å². The Morgan fingerprint density at radius 1 is 1.19 bits per heavy atom. The number of allylic oxidation sites excluding steroid dienone is 2. The highest BCUT2D eigenvalue weighted by Gasteiger charge is 2.22.